The standard InChI is InChI=1S/C33H48N4O2/c1-28(2)12-14-33(27(35-8)37-36-9)15-13-32(7)25(21(33)18-28)22(38)16-24-30(5)17-20(19-34)26(39)29(3,4)23(30)10-11-31(24,32)6/h17,21,23-25H,10-16,18H2,1-9H3/t21-,23+,24-,25?,30+,31-,32-,33+/m1/s1. The number of nitrogens with zero attached hydrogens (tertiary/aromatic N) is 4. The second-order valence-corrected chi connectivity index (χ2v) is 15.7. The fraction of sp³-hybridized carbons (Fsp3) is 0.818. The minimum absolute atomic E-state index is 0.0364. The van der Waals surface area contributed by atoms with Gasteiger partial charge < -0.3 is 0 Å². The lowest BCUT2D eigenvalue weighted by Gasteiger charge is -2.71. The molecular weight excluding hydrogens is 484 g/mol. The van der Waals surface area contributed by atoms with Gasteiger partial charge in [-0.25, -0.2) is 0 Å². The molecular formula is C33H48N4O2. The predicted octanol–water partition coefficient (Wildman–Crippen LogP) is 7.40. The molecule has 39 heavy (non-hydrogen) atoms. The number of carbonyl (C=O) groups is 2. The minimum atomic E-state index is -0.608. The molecule has 1 unspecified atom stereocenters. The summed E-state index contributed by atoms with van der Waals surface area (Å²) in [6, 6.07) is 2.23. The van der Waals surface area contributed by atoms with Gasteiger partial charge in [0.1, 0.15) is 11.9 Å². The number of hydrogen-bond donors (Lipinski definition) is 0. The number of aliphatic imine (C=N–C) groups is 1. The molecule has 4 saturated carbocycles. The lowest BCUT2D eigenvalue weighted by Crippen LogP contribution is -2.69. The number of azo groups is 1. The number of nitriles is 1. The third kappa shape index (κ3) is 3.53. The highest BCUT2D eigenvalue weighted by Gasteiger charge is 2.72. The molecule has 0 heterocycles. The topological polar surface area (TPSA) is 95.0 Å². The monoisotopic (exact) mass is 532 g/mol. The van der Waals surface area contributed by atoms with Gasteiger partial charge in [0.05, 0.1) is 5.57 Å². The van der Waals surface area contributed by atoms with Crippen molar-refractivity contribution >= 4 is 17.4 Å². The first-order chi connectivity index (χ1) is 18.1. The van der Waals surface area contributed by atoms with Crippen molar-refractivity contribution in [2.45, 2.75) is 99.8 Å². The zero-order valence-corrected chi connectivity index (χ0v) is 25.6. The number of carbonyl (C=O) groups excluding carboxylic acids is 2. The van der Waals surface area contributed by atoms with E-state index in [0.717, 1.165) is 50.8 Å². The van der Waals surface area contributed by atoms with Crippen LogP contribution in [-0.2, 0) is 9.59 Å². The minimum Gasteiger partial charge on any atom is -0.299 e. The molecule has 0 aromatic heterocycles. The largest absolute Gasteiger partial charge is 0.299 e. The summed E-state index contributed by atoms with van der Waals surface area (Å²) in [6.07, 6.45) is 9.50. The van der Waals surface area contributed by atoms with Crippen LogP contribution in [-0.4, -0.2) is 31.5 Å². The SMILES string of the molecule is CN=NC(=NC)[C@]12CCC(C)(C)C[C@@H]1C1C(=O)C[C@@H]3[C@@]4(C)C=C(C#N)C(=O)C(C)(C)[C@@H]4CC[C@@]3(C)[C@]1(C)CC2. The van der Waals surface area contributed by atoms with Gasteiger partial charge in [0.2, 0.25) is 0 Å². The van der Waals surface area contributed by atoms with Crippen LogP contribution in [0.2, 0.25) is 0 Å². The van der Waals surface area contributed by atoms with Crippen LogP contribution in [0.25, 0.3) is 0 Å². The summed E-state index contributed by atoms with van der Waals surface area (Å²) in [5, 5.41) is 18.7. The Bertz CT molecular complexity index is 1240. The second-order valence-electron chi connectivity index (χ2n) is 15.7. The van der Waals surface area contributed by atoms with E-state index in [1.165, 1.54) is 0 Å². The summed E-state index contributed by atoms with van der Waals surface area (Å²) >= 11 is 0. The Hall–Kier alpha value is -2.16. The first-order valence-electron chi connectivity index (χ1n) is 15.1. The van der Waals surface area contributed by atoms with Gasteiger partial charge in [0, 0.05) is 37.3 Å². The fourth-order valence-electron chi connectivity index (χ4n) is 11.2. The molecule has 0 radical (unpaired) electrons. The van der Waals surface area contributed by atoms with Crippen LogP contribution in [0.15, 0.2) is 26.9 Å². The number of allylic oxidation sites excluding steroid dienone is 2. The molecule has 5 rings (SSSR count). The van der Waals surface area contributed by atoms with Crippen molar-refractivity contribution in [2.75, 3.05) is 14.1 Å². The third-order valence-corrected chi connectivity index (χ3v) is 13.3. The molecule has 6 nitrogen and oxygen atoms in total. The van der Waals surface area contributed by atoms with Gasteiger partial charge in [-0.2, -0.15) is 10.4 Å². The van der Waals surface area contributed by atoms with E-state index in [9.17, 15) is 14.9 Å². The van der Waals surface area contributed by atoms with Gasteiger partial charge in [-0.05, 0) is 84.4 Å². The molecule has 6 heteroatoms. The summed E-state index contributed by atoms with van der Waals surface area (Å²) in [5.41, 5.74) is -0.983. The summed E-state index contributed by atoms with van der Waals surface area (Å²) in [7, 11) is 3.54. The van der Waals surface area contributed by atoms with Gasteiger partial charge in [-0.1, -0.05) is 54.5 Å². The summed E-state index contributed by atoms with van der Waals surface area (Å²) < 4.78 is 0. The molecule has 0 saturated heterocycles. The zero-order chi connectivity index (χ0) is 28.8. The Morgan fingerprint density at radius 3 is 2.21 bits per heavy atom. The lowest BCUT2D eigenvalue weighted by atomic mass is 9.31. The van der Waals surface area contributed by atoms with Crippen molar-refractivity contribution < 1.29 is 9.59 Å². The number of Topliss-reactive ketones (excluding diaryl/α,β-unsaturated/α-hetero) is 2. The summed E-state index contributed by atoms with van der Waals surface area (Å²) in [4.78, 5) is 32.6. The van der Waals surface area contributed by atoms with Gasteiger partial charge in [-0.15, -0.1) is 5.11 Å². The van der Waals surface area contributed by atoms with Crippen molar-refractivity contribution in [3.63, 3.8) is 0 Å². The first kappa shape index (κ1) is 28.4. The van der Waals surface area contributed by atoms with Crippen LogP contribution in [0.4, 0.5) is 0 Å². The average Bonchev–Trinajstić information content (AvgIpc) is 2.86. The van der Waals surface area contributed by atoms with Crippen LogP contribution in [0.3, 0.4) is 0 Å². The summed E-state index contributed by atoms with van der Waals surface area (Å²) in [5.74, 6) is 1.54. The molecule has 4 fully saturated rings. The number of rotatable bonds is 1. The van der Waals surface area contributed by atoms with Crippen molar-refractivity contribution in [2.24, 2.45) is 71.4 Å². The van der Waals surface area contributed by atoms with Crippen LogP contribution < -0.4 is 0 Å². The second kappa shape index (κ2) is 8.67. The van der Waals surface area contributed by atoms with Crippen molar-refractivity contribution in [1.29, 1.82) is 5.26 Å². The number of amidine groups is 1. The molecule has 8 atom stereocenters. The van der Waals surface area contributed by atoms with Crippen molar-refractivity contribution in [3.8, 4) is 6.07 Å². The number of fused-ring (bicyclic) bond motifs is 7. The van der Waals surface area contributed by atoms with Gasteiger partial charge in [0.25, 0.3) is 0 Å². The van der Waals surface area contributed by atoms with Crippen molar-refractivity contribution in [1.82, 2.24) is 0 Å². The maximum Gasteiger partial charge on any atom is 0.178 e. The van der Waals surface area contributed by atoms with E-state index >= 15 is 0 Å². The number of ketones is 2. The molecule has 0 amide bonds. The normalized spacial score (nSPS) is 46.9. The van der Waals surface area contributed by atoms with Crippen LogP contribution in [0.1, 0.15) is 99.8 Å². The van der Waals surface area contributed by atoms with Crippen LogP contribution >= 0.6 is 0 Å². The molecule has 212 valence electrons. The Morgan fingerprint density at radius 1 is 0.923 bits per heavy atom. The van der Waals surface area contributed by atoms with Crippen molar-refractivity contribution in [3.05, 3.63) is 11.6 Å². The highest BCUT2D eigenvalue weighted by Crippen LogP contribution is 2.76. The van der Waals surface area contributed by atoms with E-state index in [1.807, 2.05) is 27.0 Å². The maximum absolute atomic E-state index is 14.7. The lowest BCUT2D eigenvalue weighted by molar-refractivity contribution is -0.215. The summed E-state index contributed by atoms with van der Waals surface area (Å²) in [6.45, 7) is 15.9. The Kier molecular flexibility index (Phi) is 6.31. The molecule has 0 spiro atoms. The quantitative estimate of drug-likeness (QED) is 0.200. The highest BCUT2D eigenvalue weighted by molar-refractivity contribution is 6.04. The Labute approximate surface area is 235 Å². The molecule has 5 aliphatic rings. The fourth-order valence-corrected chi connectivity index (χ4v) is 11.2. The molecule has 5 aliphatic carbocycles. The molecule has 0 aromatic carbocycles. The van der Waals surface area contributed by atoms with Crippen LogP contribution in [0.5, 0.6) is 0 Å². The van der Waals surface area contributed by atoms with E-state index in [2.05, 4.69) is 55.9 Å². The number of hydrogen-bond acceptors (Lipinski definition) is 5. The van der Waals surface area contributed by atoms with E-state index in [4.69, 9.17) is 0 Å². The van der Waals surface area contributed by atoms with E-state index in [0.29, 0.717) is 12.2 Å². The highest BCUT2D eigenvalue weighted by atomic mass is 16.1. The third-order valence-electron chi connectivity index (χ3n) is 13.3. The van der Waals surface area contributed by atoms with E-state index in [-0.39, 0.29) is 62.1 Å². The molecule has 0 aromatic rings. The Balaban J connectivity index is 1.66. The Morgan fingerprint density at radius 2 is 1.59 bits per heavy atom. The average molecular weight is 533 g/mol. The molecule has 0 N–H and O–H groups in total. The van der Waals surface area contributed by atoms with E-state index < -0.39 is 5.41 Å². The van der Waals surface area contributed by atoms with Gasteiger partial charge >= 0.3 is 0 Å². The van der Waals surface area contributed by atoms with Crippen LogP contribution in [0, 0.1) is 67.5 Å². The smallest absolute Gasteiger partial charge is 0.178 e. The van der Waals surface area contributed by atoms with Gasteiger partial charge in [0.15, 0.2) is 11.6 Å². The zero-order valence-electron chi connectivity index (χ0n) is 25.6. The van der Waals surface area contributed by atoms with Gasteiger partial charge in [-0.3, -0.25) is 14.6 Å². The van der Waals surface area contributed by atoms with E-state index in [1.54, 1.807) is 7.05 Å². The molecule has 0 aliphatic heterocycles. The first-order valence-corrected chi connectivity index (χ1v) is 15.1. The maximum atomic E-state index is 14.7. The predicted molar refractivity (Wildman–Crippen MR) is 153 cm³/mol. The molecule has 0 bridgehead atoms.